The maximum atomic E-state index is 13.8. The number of nitrogens with two attached hydrogens (primary N) is 1. The Bertz CT molecular complexity index is 1440. The van der Waals surface area contributed by atoms with Gasteiger partial charge in [0.15, 0.2) is 17.1 Å². The van der Waals surface area contributed by atoms with Crippen LogP contribution in [0.15, 0.2) is 28.7 Å². The average molecular weight is 662 g/mol. The van der Waals surface area contributed by atoms with E-state index in [1.54, 1.807) is 14.1 Å². The Morgan fingerprint density at radius 1 is 1.14 bits per heavy atom. The number of nitrogens with zero attached hydrogens (tertiary/aromatic N) is 2. The Kier molecular flexibility index (Phi) is 10.2. The van der Waals surface area contributed by atoms with Crippen LogP contribution in [0.25, 0.3) is 0 Å². The van der Waals surface area contributed by atoms with Crippen molar-refractivity contribution in [1.29, 1.82) is 0 Å². The number of halogens is 3. The molecule has 1 aromatic carbocycles. The number of hydrogen-bond acceptors (Lipinski definition) is 10. The average Bonchev–Trinajstić information content (AvgIpc) is 2.88. The van der Waals surface area contributed by atoms with Crippen LogP contribution in [0.5, 0.6) is 5.75 Å². The number of rotatable bonds is 5. The molecular formula is C28H35Cl3N4O8. The van der Waals surface area contributed by atoms with Crippen molar-refractivity contribution in [2.24, 2.45) is 17.6 Å². The molecule has 3 aliphatic carbocycles. The summed E-state index contributed by atoms with van der Waals surface area (Å²) in [6.45, 7) is 1.62. The molecule has 4 atom stereocenters. The summed E-state index contributed by atoms with van der Waals surface area (Å²) in [5.74, 6) is -7.88. The Hall–Kier alpha value is -2.87. The fraction of sp³-hybridized carbons (Fsp3) is 0.500. The number of primary amides is 1. The Morgan fingerprint density at radius 2 is 1.77 bits per heavy atom. The summed E-state index contributed by atoms with van der Waals surface area (Å²) in [6.07, 6.45) is 3.13. The number of benzene rings is 1. The van der Waals surface area contributed by atoms with E-state index in [2.05, 4.69) is 5.32 Å². The van der Waals surface area contributed by atoms with E-state index in [-0.39, 0.29) is 66.0 Å². The van der Waals surface area contributed by atoms with Gasteiger partial charge in [-0.15, -0.1) is 24.8 Å². The molecule has 15 heteroatoms. The highest BCUT2D eigenvalue weighted by atomic mass is 35.5. The highest BCUT2D eigenvalue weighted by molar-refractivity contribution is 6.35. The second-order valence-corrected chi connectivity index (χ2v) is 11.9. The van der Waals surface area contributed by atoms with E-state index in [0.717, 1.165) is 32.4 Å². The van der Waals surface area contributed by atoms with E-state index in [1.165, 1.54) is 11.0 Å². The minimum Gasteiger partial charge on any atom is -0.510 e. The molecule has 236 valence electrons. The number of Topliss-reactive ketones (excluding diaryl/α,β-unsaturated/α-hetero) is 2. The second kappa shape index (κ2) is 12.6. The zero-order valence-electron chi connectivity index (χ0n) is 23.6. The number of aromatic hydroxyl groups is 1. The van der Waals surface area contributed by atoms with Gasteiger partial charge in [0.1, 0.15) is 22.8 Å². The lowest BCUT2D eigenvalue weighted by molar-refractivity contribution is -0.148. The smallest absolute Gasteiger partial charge is 0.255 e. The fourth-order valence-corrected chi connectivity index (χ4v) is 7.16. The summed E-state index contributed by atoms with van der Waals surface area (Å²) < 4.78 is 0. The van der Waals surface area contributed by atoms with Crippen molar-refractivity contribution >= 4 is 65.5 Å². The molecule has 43 heavy (non-hydrogen) atoms. The first-order valence-corrected chi connectivity index (χ1v) is 13.9. The number of anilines is 1. The number of carbonyl (C=O) groups excluding carboxylic acids is 4. The van der Waals surface area contributed by atoms with E-state index in [4.69, 9.17) is 17.3 Å². The molecular weight excluding hydrogens is 627 g/mol. The molecule has 1 aromatic rings. The second-order valence-electron chi connectivity index (χ2n) is 11.5. The van der Waals surface area contributed by atoms with Crippen LogP contribution in [0.2, 0.25) is 5.02 Å². The highest BCUT2D eigenvalue weighted by Crippen LogP contribution is 2.53. The minimum absolute atomic E-state index is 0. The number of allylic oxidation sites excluding steroid dienone is 1. The summed E-state index contributed by atoms with van der Waals surface area (Å²) in [7, 11) is 3.12. The Balaban J connectivity index is 0.00000253. The van der Waals surface area contributed by atoms with Crippen molar-refractivity contribution < 1.29 is 39.6 Å². The zero-order chi connectivity index (χ0) is 30.0. The van der Waals surface area contributed by atoms with Gasteiger partial charge in [-0.05, 0) is 70.4 Å². The first kappa shape index (κ1) is 34.6. The molecule has 0 saturated carbocycles. The third-order valence-electron chi connectivity index (χ3n) is 8.75. The van der Waals surface area contributed by atoms with E-state index in [0.29, 0.717) is 5.56 Å². The molecule has 2 amide bonds. The van der Waals surface area contributed by atoms with Crippen LogP contribution in [0.3, 0.4) is 0 Å². The quantitative estimate of drug-likeness (QED) is 0.201. The number of hydrogen-bond donors (Lipinski definition) is 6. The van der Waals surface area contributed by atoms with Crippen LogP contribution in [-0.4, -0.2) is 99.0 Å². The molecule has 0 spiro atoms. The molecule has 1 fully saturated rings. The van der Waals surface area contributed by atoms with Gasteiger partial charge in [-0.2, -0.15) is 0 Å². The van der Waals surface area contributed by atoms with Crippen LogP contribution in [0.4, 0.5) is 5.69 Å². The first-order chi connectivity index (χ1) is 19.3. The van der Waals surface area contributed by atoms with Gasteiger partial charge in [0, 0.05) is 11.5 Å². The van der Waals surface area contributed by atoms with Crippen LogP contribution < -0.4 is 11.1 Å². The predicted molar refractivity (Wildman–Crippen MR) is 162 cm³/mol. The van der Waals surface area contributed by atoms with Crippen LogP contribution in [-0.2, 0) is 20.8 Å². The van der Waals surface area contributed by atoms with E-state index >= 15 is 0 Å². The normalized spacial score (nSPS) is 27.0. The molecule has 1 saturated heterocycles. The molecule has 1 heterocycles. The molecule has 4 aliphatic rings. The number of nitrogens with one attached hydrogen (secondary N) is 1. The lowest BCUT2D eigenvalue weighted by Gasteiger charge is -2.50. The maximum Gasteiger partial charge on any atom is 0.255 e. The number of aliphatic hydroxyl groups excluding tert-OH is 2. The number of likely N-dealkylation sites (tertiary alicyclic amines) is 1. The lowest BCUT2D eigenvalue weighted by atomic mass is 9.58. The molecule has 12 nitrogen and oxygen atoms in total. The zero-order valence-corrected chi connectivity index (χ0v) is 25.9. The van der Waals surface area contributed by atoms with Crippen LogP contribution >= 0.6 is 36.4 Å². The summed E-state index contributed by atoms with van der Waals surface area (Å²) >= 11 is 6.45. The SMILES string of the molecule is CN(C)[C@@H]1C(O)=C(C(N)=O)C(=O)[C@@]2(O)C(O)=C3C(=O)c4c(cc(Cl)c(NC(=O)CN5CCCCC5)c4O)CC3CC12.Cl.Cl. The summed E-state index contributed by atoms with van der Waals surface area (Å²) in [4.78, 5) is 55.5. The number of phenols is 1. The molecule has 1 aliphatic heterocycles. The van der Waals surface area contributed by atoms with Gasteiger partial charge in [-0.1, -0.05) is 18.0 Å². The molecule has 2 unspecified atom stereocenters. The van der Waals surface area contributed by atoms with Gasteiger partial charge in [-0.25, -0.2) is 0 Å². The van der Waals surface area contributed by atoms with Crippen molar-refractivity contribution in [2.75, 3.05) is 39.0 Å². The summed E-state index contributed by atoms with van der Waals surface area (Å²) in [5, 5.41) is 47.7. The van der Waals surface area contributed by atoms with Crippen molar-refractivity contribution in [3.05, 3.63) is 44.9 Å². The highest BCUT2D eigenvalue weighted by Gasteiger charge is 2.63. The molecule has 5 rings (SSSR count). The van der Waals surface area contributed by atoms with Gasteiger partial charge in [-0.3, -0.25) is 29.0 Å². The van der Waals surface area contributed by atoms with Crippen molar-refractivity contribution in [3.63, 3.8) is 0 Å². The monoisotopic (exact) mass is 660 g/mol. The first-order valence-electron chi connectivity index (χ1n) is 13.5. The molecule has 0 aromatic heterocycles. The van der Waals surface area contributed by atoms with Gasteiger partial charge < -0.3 is 31.5 Å². The number of carbonyl (C=O) groups is 4. The predicted octanol–water partition coefficient (Wildman–Crippen LogP) is 2.04. The lowest BCUT2D eigenvalue weighted by Crippen LogP contribution is -2.63. The third kappa shape index (κ3) is 5.49. The number of aliphatic hydroxyl groups is 3. The van der Waals surface area contributed by atoms with E-state index in [1.807, 2.05) is 4.90 Å². The van der Waals surface area contributed by atoms with Crippen molar-refractivity contribution in [1.82, 2.24) is 9.80 Å². The maximum absolute atomic E-state index is 13.8. The van der Waals surface area contributed by atoms with Crippen molar-refractivity contribution in [3.8, 4) is 5.75 Å². The third-order valence-corrected chi connectivity index (χ3v) is 9.04. The van der Waals surface area contributed by atoms with Gasteiger partial charge >= 0.3 is 0 Å². The van der Waals surface area contributed by atoms with Gasteiger partial charge in [0.2, 0.25) is 11.7 Å². The van der Waals surface area contributed by atoms with Crippen LogP contribution in [0.1, 0.15) is 41.6 Å². The fourth-order valence-electron chi connectivity index (χ4n) is 6.89. The number of piperidine rings is 1. The number of phenolic OH excluding ortho intramolecular Hbond substituents is 1. The number of fused-ring (bicyclic) bond motifs is 3. The number of ketones is 2. The van der Waals surface area contributed by atoms with Crippen LogP contribution in [0, 0.1) is 11.8 Å². The topological polar surface area (TPSA) is 194 Å². The van der Waals surface area contributed by atoms with Gasteiger partial charge in [0.05, 0.1) is 23.2 Å². The van der Waals surface area contributed by atoms with Crippen molar-refractivity contribution in [2.45, 2.75) is 43.7 Å². The van der Waals surface area contributed by atoms with Gasteiger partial charge in [0.25, 0.3) is 5.91 Å². The molecule has 7 N–H and O–H groups in total. The van der Waals surface area contributed by atoms with E-state index < -0.39 is 69.7 Å². The summed E-state index contributed by atoms with van der Waals surface area (Å²) in [6, 6.07) is 0.396. The standard InChI is InChI=1S/C28H33ClN4O8.2ClH/c1-32(2)21-14-9-12-8-13-10-15(29)20(31-16(34)11-33-6-4-3-5-7-33)23(36)17(13)22(35)18(12)25(38)28(14,41)26(39)19(24(21)37)27(30)40;;/h10,12,14,21,36-38,41H,3-9,11H2,1-2H3,(H2,30,40)(H,31,34);2*1H/t12?,14?,21-,28-;;/m0../s1. The minimum atomic E-state index is -2.72. The Morgan fingerprint density at radius 3 is 2.35 bits per heavy atom. The summed E-state index contributed by atoms with van der Waals surface area (Å²) in [5.41, 5.74) is 1.46. The number of amides is 2. The molecule has 0 bridgehead atoms. The Labute approximate surface area is 265 Å². The number of likely N-dealkylation sites (N-methyl/N-ethyl adjacent to an activating group) is 1. The molecule has 0 radical (unpaired) electrons. The largest absolute Gasteiger partial charge is 0.510 e. The van der Waals surface area contributed by atoms with E-state index in [9.17, 15) is 39.6 Å².